The molecule has 0 spiro atoms. The van der Waals surface area contributed by atoms with Gasteiger partial charge >= 0.3 is 11.9 Å². The van der Waals surface area contributed by atoms with Crippen LogP contribution in [0.4, 0.5) is 10.1 Å². The fraction of sp³-hybridized carbons (Fsp3) is 0.400. The first-order valence-corrected chi connectivity index (χ1v) is 6.88. The molecule has 1 aromatic rings. The number of carbonyl (C=O) groups excluding carboxylic acids is 2. The Balaban J connectivity index is 2.53. The van der Waals surface area contributed by atoms with Gasteiger partial charge in [-0.15, -0.1) is 0 Å². The highest BCUT2D eigenvalue weighted by atomic mass is 19.1. The minimum absolute atomic E-state index is 0.0522. The Kier molecular flexibility index (Phi) is 4.44. The lowest BCUT2D eigenvalue weighted by atomic mass is 10.0. The van der Waals surface area contributed by atoms with E-state index in [-0.39, 0.29) is 24.3 Å². The molecule has 1 saturated heterocycles. The van der Waals surface area contributed by atoms with E-state index >= 15 is 0 Å². The summed E-state index contributed by atoms with van der Waals surface area (Å²) in [5, 5.41) is 9.34. The molecule has 1 fully saturated rings. The van der Waals surface area contributed by atoms with E-state index in [4.69, 9.17) is 4.74 Å². The van der Waals surface area contributed by atoms with Gasteiger partial charge in [0.2, 0.25) is 5.91 Å². The highest BCUT2D eigenvalue weighted by molar-refractivity contribution is 6.07. The van der Waals surface area contributed by atoms with E-state index in [1.807, 2.05) is 0 Å². The van der Waals surface area contributed by atoms with Crippen LogP contribution < -0.4 is 4.90 Å². The van der Waals surface area contributed by atoms with Crippen molar-refractivity contribution in [2.45, 2.75) is 26.3 Å². The molecular weight excluding hydrogens is 293 g/mol. The van der Waals surface area contributed by atoms with Crippen molar-refractivity contribution in [3.8, 4) is 0 Å². The number of carboxylic acid groups (broad SMARTS) is 1. The smallest absolute Gasteiger partial charge is 0.340 e. The molecule has 1 aromatic carbocycles. The molecule has 1 N–H and O–H groups in total. The highest BCUT2D eigenvalue weighted by Crippen LogP contribution is 2.34. The van der Waals surface area contributed by atoms with Crippen LogP contribution in [0.5, 0.6) is 0 Å². The van der Waals surface area contributed by atoms with Gasteiger partial charge in [-0.3, -0.25) is 9.69 Å². The second-order valence-corrected chi connectivity index (χ2v) is 5.11. The number of hydrogen-bond donors (Lipinski definition) is 1. The Bertz CT molecular complexity index is 630. The second-order valence-electron chi connectivity index (χ2n) is 5.11. The fourth-order valence-corrected chi connectivity index (χ4v) is 2.62. The maximum absolute atomic E-state index is 13.4. The van der Waals surface area contributed by atoms with Crippen molar-refractivity contribution < 1.29 is 28.6 Å². The van der Waals surface area contributed by atoms with Gasteiger partial charge in [0.1, 0.15) is 11.9 Å². The third-order valence-electron chi connectivity index (χ3n) is 3.55. The first-order chi connectivity index (χ1) is 10.4. The lowest BCUT2D eigenvalue weighted by molar-refractivity contribution is -0.139. The molecular formula is C15H16FNO5. The molecule has 22 heavy (non-hydrogen) atoms. The lowest BCUT2D eigenvalue weighted by Crippen LogP contribution is -2.41. The summed E-state index contributed by atoms with van der Waals surface area (Å²) in [5.41, 5.74) is -0.0999. The predicted molar refractivity (Wildman–Crippen MR) is 75.0 cm³/mol. The number of hydrogen-bond acceptors (Lipinski definition) is 4. The molecule has 0 radical (unpaired) electrons. The summed E-state index contributed by atoms with van der Waals surface area (Å²) in [6.07, 6.45) is 0.0522. The van der Waals surface area contributed by atoms with Gasteiger partial charge in [-0.2, -0.15) is 0 Å². The molecule has 2 atom stereocenters. The number of aliphatic carboxylic acids is 1. The van der Waals surface area contributed by atoms with Crippen molar-refractivity contribution >= 4 is 23.5 Å². The monoisotopic (exact) mass is 309 g/mol. The second kappa shape index (κ2) is 6.13. The molecule has 6 nitrogen and oxygen atoms in total. The van der Waals surface area contributed by atoms with Crippen LogP contribution in [0.1, 0.15) is 30.6 Å². The lowest BCUT2D eigenvalue weighted by Gasteiger charge is -2.25. The summed E-state index contributed by atoms with van der Waals surface area (Å²) < 4.78 is 18.3. The van der Waals surface area contributed by atoms with Gasteiger partial charge in [0.05, 0.1) is 17.9 Å². The number of benzene rings is 1. The topological polar surface area (TPSA) is 83.9 Å². The Labute approximate surface area is 126 Å². The maximum Gasteiger partial charge on any atom is 0.340 e. The number of ether oxygens (including phenoxy) is 1. The summed E-state index contributed by atoms with van der Waals surface area (Å²) in [6, 6.07) is 2.16. The maximum atomic E-state index is 13.4. The molecule has 1 aliphatic rings. The summed E-state index contributed by atoms with van der Waals surface area (Å²) in [4.78, 5) is 36.6. The third kappa shape index (κ3) is 2.79. The van der Waals surface area contributed by atoms with E-state index in [1.165, 1.54) is 6.07 Å². The van der Waals surface area contributed by atoms with E-state index in [0.717, 1.165) is 17.0 Å². The van der Waals surface area contributed by atoms with E-state index in [1.54, 1.807) is 13.8 Å². The molecule has 1 amide bonds. The Morgan fingerprint density at radius 1 is 1.45 bits per heavy atom. The van der Waals surface area contributed by atoms with E-state index < -0.39 is 35.6 Å². The van der Waals surface area contributed by atoms with Crippen molar-refractivity contribution in [1.29, 1.82) is 0 Å². The standard InChI is InChI=1S/C15H16FNO5/c1-3-22-15(21)10-7-9(16)4-5-11(10)17-12(18)6-8(2)13(17)14(19)20/h4-5,7-8,13H,3,6H2,1-2H3,(H,19,20). The average Bonchev–Trinajstić information content (AvgIpc) is 2.73. The summed E-state index contributed by atoms with van der Waals surface area (Å²) in [5.74, 6) is -3.47. The van der Waals surface area contributed by atoms with Crippen LogP contribution in [0.25, 0.3) is 0 Å². The number of carbonyl (C=O) groups is 3. The van der Waals surface area contributed by atoms with Gasteiger partial charge in [-0.1, -0.05) is 6.92 Å². The van der Waals surface area contributed by atoms with E-state index in [9.17, 15) is 23.9 Å². The van der Waals surface area contributed by atoms with E-state index in [2.05, 4.69) is 0 Å². The van der Waals surface area contributed by atoms with Crippen molar-refractivity contribution in [3.63, 3.8) is 0 Å². The minimum Gasteiger partial charge on any atom is -0.480 e. The average molecular weight is 309 g/mol. The van der Waals surface area contributed by atoms with Gasteiger partial charge in [0.15, 0.2) is 0 Å². The van der Waals surface area contributed by atoms with Crippen LogP contribution in [0.15, 0.2) is 18.2 Å². The molecule has 1 heterocycles. The predicted octanol–water partition coefficient (Wildman–Crippen LogP) is 1.83. The number of rotatable bonds is 4. The van der Waals surface area contributed by atoms with Gasteiger partial charge in [0.25, 0.3) is 0 Å². The first kappa shape index (κ1) is 15.9. The van der Waals surface area contributed by atoms with E-state index in [0.29, 0.717) is 0 Å². The van der Waals surface area contributed by atoms with Gasteiger partial charge < -0.3 is 9.84 Å². The highest BCUT2D eigenvalue weighted by Gasteiger charge is 2.44. The van der Waals surface area contributed by atoms with Crippen molar-refractivity contribution in [3.05, 3.63) is 29.6 Å². The van der Waals surface area contributed by atoms with Gasteiger partial charge in [0, 0.05) is 6.42 Å². The van der Waals surface area contributed by atoms with Crippen LogP contribution in [0.3, 0.4) is 0 Å². The Morgan fingerprint density at radius 3 is 2.73 bits per heavy atom. The molecule has 118 valence electrons. The summed E-state index contributed by atoms with van der Waals surface area (Å²) >= 11 is 0. The minimum atomic E-state index is -1.17. The van der Waals surface area contributed by atoms with Gasteiger partial charge in [-0.25, -0.2) is 14.0 Å². The largest absolute Gasteiger partial charge is 0.480 e. The van der Waals surface area contributed by atoms with Crippen LogP contribution in [-0.2, 0) is 14.3 Å². The quantitative estimate of drug-likeness (QED) is 0.858. The fourth-order valence-electron chi connectivity index (χ4n) is 2.62. The molecule has 0 aliphatic carbocycles. The van der Waals surface area contributed by atoms with Crippen molar-refractivity contribution in [2.24, 2.45) is 5.92 Å². The SMILES string of the molecule is CCOC(=O)c1cc(F)ccc1N1C(=O)CC(C)C1C(=O)O. The molecule has 0 aromatic heterocycles. The zero-order chi connectivity index (χ0) is 16.4. The molecule has 7 heteroatoms. The van der Waals surface area contributed by atoms with Crippen LogP contribution in [0.2, 0.25) is 0 Å². The molecule has 0 bridgehead atoms. The number of amides is 1. The van der Waals surface area contributed by atoms with Crippen LogP contribution in [0, 0.1) is 11.7 Å². The number of nitrogens with zero attached hydrogens (tertiary/aromatic N) is 1. The molecule has 2 unspecified atom stereocenters. The zero-order valence-corrected chi connectivity index (χ0v) is 12.2. The van der Waals surface area contributed by atoms with Crippen LogP contribution >= 0.6 is 0 Å². The number of halogens is 1. The van der Waals surface area contributed by atoms with Crippen molar-refractivity contribution in [2.75, 3.05) is 11.5 Å². The number of anilines is 1. The normalized spacial score (nSPS) is 21.0. The molecule has 2 rings (SSSR count). The first-order valence-electron chi connectivity index (χ1n) is 6.88. The molecule has 0 saturated carbocycles. The van der Waals surface area contributed by atoms with Crippen molar-refractivity contribution in [1.82, 2.24) is 0 Å². The summed E-state index contributed by atoms with van der Waals surface area (Å²) in [6.45, 7) is 3.33. The summed E-state index contributed by atoms with van der Waals surface area (Å²) in [7, 11) is 0. The Hall–Kier alpha value is -2.44. The number of carboxylic acids is 1. The third-order valence-corrected chi connectivity index (χ3v) is 3.55. The van der Waals surface area contributed by atoms with Crippen LogP contribution in [-0.4, -0.2) is 35.6 Å². The van der Waals surface area contributed by atoms with Gasteiger partial charge in [-0.05, 0) is 31.0 Å². The Morgan fingerprint density at radius 2 is 2.14 bits per heavy atom. The number of esters is 1. The molecule has 1 aliphatic heterocycles. The zero-order valence-electron chi connectivity index (χ0n) is 12.2.